The van der Waals surface area contributed by atoms with Crippen LogP contribution in [0.15, 0.2) is 30.8 Å². The van der Waals surface area contributed by atoms with Gasteiger partial charge in [-0.15, -0.1) is 0 Å². The Bertz CT molecular complexity index is 391. The van der Waals surface area contributed by atoms with Crippen LogP contribution in [-0.2, 0) is 10.5 Å². The van der Waals surface area contributed by atoms with E-state index >= 15 is 0 Å². The number of aliphatic hydroxyl groups excluding tert-OH is 1. The van der Waals surface area contributed by atoms with E-state index in [0.29, 0.717) is 5.56 Å². The van der Waals surface area contributed by atoms with E-state index in [4.69, 9.17) is 5.11 Å². The standard InChI is InChI=1S/C12H13FO2/c1-8(14)10-4-6-11(7-5-10)12(3,13)9(2)15/h4-7,14H,1H2,2-3H3. The molecule has 3 heteroatoms. The van der Waals surface area contributed by atoms with Gasteiger partial charge in [0.15, 0.2) is 11.5 Å². The number of Topliss-reactive ketones (excluding diaryl/α,β-unsaturated/α-hetero) is 1. The molecule has 0 fully saturated rings. The molecule has 1 aromatic rings. The third kappa shape index (κ3) is 2.24. The molecular formula is C12H13FO2. The summed E-state index contributed by atoms with van der Waals surface area (Å²) in [6, 6.07) is 5.99. The lowest BCUT2D eigenvalue weighted by atomic mass is 9.93. The van der Waals surface area contributed by atoms with E-state index in [1.54, 1.807) is 0 Å². The molecule has 0 saturated carbocycles. The molecule has 0 aliphatic rings. The minimum absolute atomic E-state index is 0.0788. The van der Waals surface area contributed by atoms with Crippen LogP contribution < -0.4 is 0 Å². The number of carbonyl (C=O) groups excluding carboxylic acids is 1. The molecule has 80 valence electrons. The van der Waals surface area contributed by atoms with Crippen LogP contribution >= 0.6 is 0 Å². The normalized spacial score (nSPS) is 14.3. The van der Waals surface area contributed by atoms with Crippen molar-refractivity contribution in [3.05, 3.63) is 42.0 Å². The van der Waals surface area contributed by atoms with Crippen LogP contribution in [0.25, 0.3) is 5.76 Å². The number of rotatable bonds is 3. The van der Waals surface area contributed by atoms with Gasteiger partial charge in [-0.1, -0.05) is 30.8 Å². The molecule has 1 rings (SSSR count). The topological polar surface area (TPSA) is 37.3 Å². The van der Waals surface area contributed by atoms with Crippen molar-refractivity contribution >= 4 is 11.5 Å². The minimum atomic E-state index is -1.98. The number of alkyl halides is 1. The van der Waals surface area contributed by atoms with Gasteiger partial charge in [0.2, 0.25) is 0 Å². The number of carbonyl (C=O) groups is 1. The lowest BCUT2D eigenvalue weighted by Gasteiger charge is -2.17. The molecule has 0 amide bonds. The average Bonchev–Trinajstić information content (AvgIpc) is 2.17. The average molecular weight is 208 g/mol. The smallest absolute Gasteiger partial charge is 0.190 e. The molecule has 0 bridgehead atoms. The van der Waals surface area contributed by atoms with Gasteiger partial charge in [-0.05, 0) is 19.4 Å². The van der Waals surface area contributed by atoms with Crippen LogP contribution in [0.1, 0.15) is 25.0 Å². The van der Waals surface area contributed by atoms with Gasteiger partial charge in [0.05, 0.1) is 0 Å². The maximum absolute atomic E-state index is 13.8. The van der Waals surface area contributed by atoms with Crippen molar-refractivity contribution in [1.29, 1.82) is 0 Å². The Hall–Kier alpha value is -1.64. The third-order valence-corrected chi connectivity index (χ3v) is 2.42. The Morgan fingerprint density at radius 3 is 2.20 bits per heavy atom. The van der Waals surface area contributed by atoms with E-state index in [1.165, 1.54) is 38.1 Å². The first-order chi connectivity index (χ1) is 6.85. The predicted molar refractivity (Wildman–Crippen MR) is 57.2 cm³/mol. The Morgan fingerprint density at radius 1 is 1.40 bits per heavy atom. The summed E-state index contributed by atoms with van der Waals surface area (Å²) in [5, 5.41) is 9.07. The summed E-state index contributed by atoms with van der Waals surface area (Å²) in [6.45, 7) is 5.77. The van der Waals surface area contributed by atoms with Gasteiger partial charge in [0.1, 0.15) is 5.76 Å². The first-order valence-electron chi connectivity index (χ1n) is 4.54. The van der Waals surface area contributed by atoms with E-state index in [1.807, 2.05) is 0 Å². The van der Waals surface area contributed by atoms with Gasteiger partial charge in [0.25, 0.3) is 0 Å². The second-order valence-corrected chi connectivity index (χ2v) is 3.58. The Morgan fingerprint density at radius 2 is 1.87 bits per heavy atom. The van der Waals surface area contributed by atoms with E-state index in [0.717, 1.165) is 0 Å². The molecule has 0 radical (unpaired) electrons. The number of benzene rings is 1. The Kier molecular flexibility index (Phi) is 2.93. The van der Waals surface area contributed by atoms with Crippen molar-refractivity contribution in [2.75, 3.05) is 0 Å². The van der Waals surface area contributed by atoms with E-state index in [-0.39, 0.29) is 11.3 Å². The van der Waals surface area contributed by atoms with Crippen LogP contribution in [0, 0.1) is 0 Å². The number of ketones is 1. The van der Waals surface area contributed by atoms with Crippen LogP contribution in [0.2, 0.25) is 0 Å². The molecule has 0 heterocycles. The van der Waals surface area contributed by atoms with Crippen molar-refractivity contribution in [3.63, 3.8) is 0 Å². The lowest BCUT2D eigenvalue weighted by molar-refractivity contribution is -0.127. The molecule has 0 aliphatic carbocycles. The van der Waals surface area contributed by atoms with E-state index in [9.17, 15) is 9.18 Å². The van der Waals surface area contributed by atoms with Crippen LogP contribution in [0.4, 0.5) is 4.39 Å². The largest absolute Gasteiger partial charge is 0.508 e. The van der Waals surface area contributed by atoms with Crippen LogP contribution in [0.5, 0.6) is 0 Å². The Labute approximate surface area is 88.1 Å². The van der Waals surface area contributed by atoms with Crippen molar-refractivity contribution in [2.24, 2.45) is 0 Å². The molecular weight excluding hydrogens is 195 g/mol. The lowest BCUT2D eigenvalue weighted by Crippen LogP contribution is -2.24. The zero-order valence-corrected chi connectivity index (χ0v) is 8.75. The van der Waals surface area contributed by atoms with Crippen LogP contribution in [0.3, 0.4) is 0 Å². The highest BCUT2D eigenvalue weighted by atomic mass is 19.1. The summed E-state index contributed by atoms with van der Waals surface area (Å²) in [5.41, 5.74) is -1.19. The van der Waals surface area contributed by atoms with Crippen molar-refractivity contribution in [2.45, 2.75) is 19.5 Å². The number of hydrogen-bond acceptors (Lipinski definition) is 2. The first kappa shape index (κ1) is 11.4. The summed E-state index contributed by atoms with van der Waals surface area (Å²) in [6.07, 6.45) is 0. The quantitative estimate of drug-likeness (QED) is 0.775. The molecule has 0 aliphatic heterocycles. The fourth-order valence-electron chi connectivity index (χ4n) is 1.18. The monoisotopic (exact) mass is 208 g/mol. The van der Waals surface area contributed by atoms with Gasteiger partial charge in [-0.2, -0.15) is 0 Å². The predicted octanol–water partition coefficient (Wildman–Crippen LogP) is 2.99. The molecule has 1 atom stereocenters. The molecule has 1 N–H and O–H groups in total. The van der Waals surface area contributed by atoms with Gasteiger partial charge < -0.3 is 5.11 Å². The second-order valence-electron chi connectivity index (χ2n) is 3.58. The minimum Gasteiger partial charge on any atom is -0.508 e. The maximum Gasteiger partial charge on any atom is 0.190 e. The Balaban J connectivity index is 3.09. The molecule has 1 aromatic carbocycles. The highest BCUT2D eigenvalue weighted by Crippen LogP contribution is 2.27. The highest BCUT2D eigenvalue weighted by Gasteiger charge is 2.31. The molecule has 1 unspecified atom stereocenters. The molecule has 0 spiro atoms. The summed E-state index contributed by atoms with van der Waals surface area (Å²) in [4.78, 5) is 11.0. The zero-order valence-electron chi connectivity index (χ0n) is 8.75. The fourth-order valence-corrected chi connectivity index (χ4v) is 1.18. The molecule has 0 aromatic heterocycles. The van der Waals surface area contributed by atoms with Crippen molar-refractivity contribution < 1.29 is 14.3 Å². The SMILES string of the molecule is C=C(O)c1ccc(C(C)(F)C(C)=O)cc1. The van der Waals surface area contributed by atoms with Gasteiger partial charge in [-0.25, -0.2) is 4.39 Å². The summed E-state index contributed by atoms with van der Waals surface area (Å²) in [5.74, 6) is -0.622. The second kappa shape index (κ2) is 3.85. The highest BCUT2D eigenvalue weighted by molar-refractivity contribution is 5.85. The summed E-state index contributed by atoms with van der Waals surface area (Å²) < 4.78 is 13.8. The van der Waals surface area contributed by atoms with Gasteiger partial charge >= 0.3 is 0 Å². The van der Waals surface area contributed by atoms with Crippen molar-refractivity contribution in [3.8, 4) is 0 Å². The summed E-state index contributed by atoms with van der Waals surface area (Å²) in [7, 11) is 0. The number of aliphatic hydroxyl groups is 1. The third-order valence-electron chi connectivity index (χ3n) is 2.42. The molecule has 0 saturated heterocycles. The number of hydrogen-bond donors (Lipinski definition) is 1. The molecule has 15 heavy (non-hydrogen) atoms. The maximum atomic E-state index is 13.8. The van der Waals surface area contributed by atoms with Crippen molar-refractivity contribution in [1.82, 2.24) is 0 Å². The van der Waals surface area contributed by atoms with E-state index < -0.39 is 11.5 Å². The summed E-state index contributed by atoms with van der Waals surface area (Å²) >= 11 is 0. The van der Waals surface area contributed by atoms with Crippen LogP contribution in [-0.4, -0.2) is 10.9 Å². The first-order valence-corrected chi connectivity index (χ1v) is 4.54. The zero-order chi connectivity index (χ0) is 11.6. The van der Waals surface area contributed by atoms with E-state index in [2.05, 4.69) is 6.58 Å². The molecule has 2 nitrogen and oxygen atoms in total. The number of halogens is 1. The van der Waals surface area contributed by atoms with Gasteiger partial charge in [0, 0.05) is 5.56 Å². The van der Waals surface area contributed by atoms with Gasteiger partial charge in [-0.3, -0.25) is 4.79 Å². The fraction of sp³-hybridized carbons (Fsp3) is 0.250.